The molecule has 4 rings (SSSR count). The molecule has 0 N–H and O–H groups in total. The van der Waals surface area contributed by atoms with Gasteiger partial charge in [-0.1, -0.05) is 32.8 Å². The summed E-state index contributed by atoms with van der Waals surface area (Å²) in [6.45, 7) is 9.47. The van der Waals surface area contributed by atoms with Crippen LogP contribution in [0, 0.1) is 40.4 Å². The normalized spacial score (nSPS) is 56.2. The fourth-order valence-electron chi connectivity index (χ4n) is 7.72. The molecule has 0 heterocycles. The highest BCUT2D eigenvalue weighted by atomic mass is 14.6. The Kier molecular flexibility index (Phi) is 3.32. The van der Waals surface area contributed by atoms with Gasteiger partial charge in [0.25, 0.3) is 0 Å². The Labute approximate surface area is 131 Å². The van der Waals surface area contributed by atoms with Crippen LogP contribution in [0.3, 0.4) is 0 Å². The van der Waals surface area contributed by atoms with Crippen molar-refractivity contribution in [3.63, 3.8) is 0 Å². The molecule has 0 bridgehead atoms. The van der Waals surface area contributed by atoms with Crippen LogP contribution in [0.25, 0.3) is 0 Å². The smallest absolute Gasteiger partial charge is 0.0179 e. The summed E-state index contributed by atoms with van der Waals surface area (Å²) in [6.07, 6.45) is 17.4. The summed E-state index contributed by atoms with van der Waals surface area (Å²) < 4.78 is 0. The molecule has 4 aliphatic rings. The van der Waals surface area contributed by atoms with Gasteiger partial charge in [0, 0.05) is 0 Å². The molecule has 0 aliphatic heterocycles. The Morgan fingerprint density at radius 1 is 0.810 bits per heavy atom. The van der Waals surface area contributed by atoms with Gasteiger partial charge in [-0.15, -0.1) is 6.58 Å². The van der Waals surface area contributed by atoms with E-state index in [4.69, 9.17) is 0 Å². The molecule has 0 aromatic carbocycles. The van der Waals surface area contributed by atoms with Crippen LogP contribution in [0.2, 0.25) is 0 Å². The summed E-state index contributed by atoms with van der Waals surface area (Å²) in [7, 11) is 0. The maximum absolute atomic E-state index is 4.16. The maximum atomic E-state index is 4.16. The third-order valence-electron chi connectivity index (χ3n) is 8.94. The molecule has 0 aromatic heterocycles. The van der Waals surface area contributed by atoms with E-state index in [2.05, 4.69) is 26.5 Å². The van der Waals surface area contributed by atoms with E-state index in [1.165, 1.54) is 51.4 Å². The summed E-state index contributed by atoms with van der Waals surface area (Å²) >= 11 is 0. The molecule has 0 aromatic rings. The second kappa shape index (κ2) is 4.87. The Morgan fingerprint density at radius 2 is 1.62 bits per heavy atom. The maximum Gasteiger partial charge on any atom is -0.0179 e. The van der Waals surface area contributed by atoms with Crippen molar-refractivity contribution in [2.45, 2.75) is 78.1 Å². The monoisotopic (exact) mass is 286 g/mol. The molecule has 4 aliphatic carbocycles. The number of rotatable bonds is 1. The standard InChI is InChI=1S/C21H34/c1-4-15-9-11-18-17-10-8-16-7-5-6-13-20(16,2)19(17)12-14-21(15,18)3/h4,15-19H,1,5-14H2,2-3H3/t15?,16-,17+,18+,19+,20+,21-/m1/s1. The first-order valence-corrected chi connectivity index (χ1v) is 9.72. The molecule has 118 valence electrons. The minimum absolute atomic E-state index is 0.598. The van der Waals surface area contributed by atoms with Crippen molar-refractivity contribution in [3.05, 3.63) is 12.7 Å². The van der Waals surface area contributed by atoms with E-state index >= 15 is 0 Å². The van der Waals surface area contributed by atoms with Crippen LogP contribution in [0.15, 0.2) is 12.7 Å². The molecule has 0 heteroatoms. The van der Waals surface area contributed by atoms with Gasteiger partial charge >= 0.3 is 0 Å². The Bertz CT molecular complexity index is 424. The van der Waals surface area contributed by atoms with Gasteiger partial charge in [-0.25, -0.2) is 0 Å². The fraction of sp³-hybridized carbons (Fsp3) is 0.905. The highest BCUT2D eigenvalue weighted by Crippen LogP contribution is 2.67. The van der Waals surface area contributed by atoms with E-state index in [0.29, 0.717) is 10.8 Å². The van der Waals surface area contributed by atoms with Crippen molar-refractivity contribution >= 4 is 0 Å². The SMILES string of the molecule is C=CC1CC[C@H]2[C@@H]3CC[C@H]4CCCC[C@]4(C)[C@H]3CC[C@]12C. The Balaban J connectivity index is 1.64. The molecule has 0 amide bonds. The Hall–Kier alpha value is -0.260. The van der Waals surface area contributed by atoms with Crippen molar-refractivity contribution in [3.8, 4) is 0 Å². The first kappa shape index (κ1) is 14.3. The molecule has 0 radical (unpaired) electrons. The van der Waals surface area contributed by atoms with E-state index < -0.39 is 0 Å². The molecular weight excluding hydrogens is 252 g/mol. The van der Waals surface area contributed by atoms with Gasteiger partial charge in [-0.05, 0) is 91.8 Å². The second-order valence-corrected chi connectivity index (χ2v) is 9.37. The van der Waals surface area contributed by atoms with E-state index in [9.17, 15) is 0 Å². The summed E-state index contributed by atoms with van der Waals surface area (Å²) in [5.41, 5.74) is 1.30. The average molecular weight is 287 g/mol. The molecule has 4 saturated carbocycles. The quantitative estimate of drug-likeness (QED) is 0.502. The molecule has 4 fully saturated rings. The topological polar surface area (TPSA) is 0 Å². The summed E-state index contributed by atoms with van der Waals surface area (Å²) in [5, 5.41) is 0. The lowest BCUT2D eigenvalue weighted by Crippen LogP contribution is -2.52. The lowest BCUT2D eigenvalue weighted by Gasteiger charge is -2.60. The van der Waals surface area contributed by atoms with Gasteiger partial charge in [-0.2, -0.15) is 0 Å². The zero-order chi connectivity index (χ0) is 14.7. The van der Waals surface area contributed by atoms with E-state index in [0.717, 1.165) is 29.6 Å². The van der Waals surface area contributed by atoms with Crippen LogP contribution in [0.1, 0.15) is 78.1 Å². The van der Waals surface area contributed by atoms with Gasteiger partial charge in [0.15, 0.2) is 0 Å². The average Bonchev–Trinajstić information content (AvgIpc) is 2.83. The predicted molar refractivity (Wildman–Crippen MR) is 90.0 cm³/mol. The van der Waals surface area contributed by atoms with Crippen molar-refractivity contribution in [1.29, 1.82) is 0 Å². The minimum atomic E-state index is 0.598. The van der Waals surface area contributed by atoms with Crippen molar-refractivity contribution in [2.24, 2.45) is 40.4 Å². The summed E-state index contributed by atoms with van der Waals surface area (Å²) in [6, 6.07) is 0. The summed E-state index contributed by atoms with van der Waals surface area (Å²) in [5.74, 6) is 4.99. The molecule has 0 nitrogen and oxygen atoms in total. The van der Waals surface area contributed by atoms with Crippen LogP contribution < -0.4 is 0 Å². The Morgan fingerprint density at radius 3 is 2.43 bits per heavy atom. The largest absolute Gasteiger partial charge is 0.103 e. The molecule has 21 heavy (non-hydrogen) atoms. The second-order valence-electron chi connectivity index (χ2n) is 9.37. The number of fused-ring (bicyclic) bond motifs is 5. The van der Waals surface area contributed by atoms with Crippen LogP contribution >= 0.6 is 0 Å². The summed E-state index contributed by atoms with van der Waals surface area (Å²) in [4.78, 5) is 0. The highest BCUT2D eigenvalue weighted by molar-refractivity contribution is 5.11. The van der Waals surface area contributed by atoms with Gasteiger partial charge in [0.2, 0.25) is 0 Å². The lowest BCUT2D eigenvalue weighted by molar-refractivity contribution is -0.107. The third kappa shape index (κ3) is 1.86. The number of allylic oxidation sites excluding steroid dienone is 1. The van der Waals surface area contributed by atoms with Gasteiger partial charge in [0.1, 0.15) is 0 Å². The minimum Gasteiger partial charge on any atom is -0.103 e. The first-order valence-electron chi connectivity index (χ1n) is 9.72. The van der Waals surface area contributed by atoms with Gasteiger partial charge in [0.05, 0.1) is 0 Å². The van der Waals surface area contributed by atoms with Gasteiger partial charge < -0.3 is 0 Å². The highest BCUT2D eigenvalue weighted by Gasteiger charge is 2.58. The number of hydrogen-bond donors (Lipinski definition) is 0. The van der Waals surface area contributed by atoms with Crippen LogP contribution in [0.5, 0.6) is 0 Å². The van der Waals surface area contributed by atoms with Gasteiger partial charge in [-0.3, -0.25) is 0 Å². The molecule has 7 atom stereocenters. The first-order chi connectivity index (χ1) is 10.1. The zero-order valence-electron chi connectivity index (χ0n) is 14.2. The molecule has 1 unspecified atom stereocenters. The van der Waals surface area contributed by atoms with Crippen molar-refractivity contribution in [2.75, 3.05) is 0 Å². The van der Waals surface area contributed by atoms with Crippen LogP contribution in [0.4, 0.5) is 0 Å². The lowest BCUT2D eigenvalue weighted by atomic mass is 9.45. The molecular formula is C21H34. The van der Waals surface area contributed by atoms with Crippen molar-refractivity contribution in [1.82, 2.24) is 0 Å². The fourth-order valence-corrected chi connectivity index (χ4v) is 7.72. The van der Waals surface area contributed by atoms with Crippen molar-refractivity contribution < 1.29 is 0 Å². The van der Waals surface area contributed by atoms with E-state index in [-0.39, 0.29) is 0 Å². The predicted octanol–water partition coefficient (Wildman–Crippen LogP) is 6.22. The zero-order valence-corrected chi connectivity index (χ0v) is 14.2. The van der Waals surface area contributed by atoms with E-state index in [1.807, 2.05) is 0 Å². The van der Waals surface area contributed by atoms with E-state index in [1.54, 1.807) is 12.8 Å². The third-order valence-corrected chi connectivity index (χ3v) is 8.94. The van der Waals surface area contributed by atoms with Crippen LogP contribution in [-0.2, 0) is 0 Å². The number of hydrogen-bond acceptors (Lipinski definition) is 0. The van der Waals surface area contributed by atoms with Crippen LogP contribution in [-0.4, -0.2) is 0 Å². The molecule has 0 spiro atoms. The molecule has 0 saturated heterocycles.